The van der Waals surface area contributed by atoms with Gasteiger partial charge in [0.25, 0.3) is 11.8 Å². The van der Waals surface area contributed by atoms with Crippen molar-refractivity contribution in [2.24, 2.45) is 0 Å². The first-order chi connectivity index (χ1) is 17.5. The molecule has 182 valence electrons. The number of nitrogens with one attached hydrogen (secondary N) is 5. The second-order valence-electron chi connectivity index (χ2n) is 8.21. The van der Waals surface area contributed by atoms with E-state index in [9.17, 15) is 9.59 Å². The topological polar surface area (TPSA) is 111 Å². The van der Waals surface area contributed by atoms with Crippen molar-refractivity contribution in [2.75, 3.05) is 22.5 Å². The monoisotopic (exact) mass is 564 g/mol. The lowest BCUT2D eigenvalue weighted by Crippen LogP contribution is -2.26. The molecule has 36 heavy (non-hydrogen) atoms. The summed E-state index contributed by atoms with van der Waals surface area (Å²) in [6.07, 6.45) is 0.681. The minimum Gasteiger partial charge on any atom is -0.360 e. The molecule has 0 bridgehead atoms. The van der Waals surface area contributed by atoms with Crippen molar-refractivity contribution in [3.8, 4) is 0 Å². The molecule has 3 aromatic carbocycles. The Kier molecular flexibility index (Phi) is 6.92. The van der Waals surface area contributed by atoms with E-state index in [4.69, 9.17) is 11.6 Å². The summed E-state index contributed by atoms with van der Waals surface area (Å²) in [5, 5.41) is 19.6. The molecule has 0 fully saturated rings. The molecule has 0 saturated carbocycles. The molecule has 4 aromatic rings. The zero-order valence-corrected chi connectivity index (χ0v) is 21.3. The van der Waals surface area contributed by atoms with Gasteiger partial charge in [0.15, 0.2) is 5.82 Å². The Morgan fingerprint density at radius 2 is 1.69 bits per heavy atom. The Morgan fingerprint density at radius 1 is 0.944 bits per heavy atom. The number of carbonyl (C=O) groups excluding carboxylic acids is 2. The molecule has 2 heterocycles. The predicted octanol–water partition coefficient (Wildman–Crippen LogP) is 5.59. The fourth-order valence-electron chi connectivity index (χ4n) is 3.94. The molecule has 0 saturated heterocycles. The molecular weight excluding hydrogens is 544 g/mol. The van der Waals surface area contributed by atoms with E-state index in [1.807, 2.05) is 30.3 Å². The van der Waals surface area contributed by atoms with Crippen LogP contribution in [0.5, 0.6) is 0 Å². The Morgan fingerprint density at radius 3 is 2.50 bits per heavy atom. The predicted molar refractivity (Wildman–Crippen MR) is 145 cm³/mol. The van der Waals surface area contributed by atoms with Crippen molar-refractivity contribution in [1.29, 1.82) is 0 Å². The molecule has 1 aliphatic heterocycles. The molecule has 1 unspecified atom stereocenters. The molecule has 1 aliphatic rings. The van der Waals surface area contributed by atoms with Crippen molar-refractivity contribution >= 4 is 56.5 Å². The first kappa shape index (κ1) is 23.9. The lowest BCUT2D eigenvalue weighted by atomic mass is 10.1. The average Bonchev–Trinajstić information content (AvgIpc) is 3.48. The van der Waals surface area contributed by atoms with Crippen LogP contribution in [0.15, 0.2) is 77.3 Å². The first-order valence-electron chi connectivity index (χ1n) is 11.3. The van der Waals surface area contributed by atoms with E-state index in [0.717, 1.165) is 22.5 Å². The van der Waals surface area contributed by atoms with Crippen LogP contribution in [0.1, 0.15) is 38.1 Å². The number of hydrogen-bond acceptors (Lipinski definition) is 5. The Labute approximate surface area is 221 Å². The molecule has 1 aromatic heterocycles. The summed E-state index contributed by atoms with van der Waals surface area (Å²) in [5.74, 6) is -0.554. The average molecular weight is 566 g/mol. The maximum Gasteiger partial charge on any atom is 0.270 e. The van der Waals surface area contributed by atoms with E-state index in [1.165, 1.54) is 0 Å². The third-order valence-corrected chi connectivity index (χ3v) is 6.90. The summed E-state index contributed by atoms with van der Waals surface area (Å²) in [5.41, 5.74) is 4.86. The second-order valence-corrected chi connectivity index (χ2v) is 9.41. The van der Waals surface area contributed by atoms with Gasteiger partial charge in [0.05, 0.1) is 26.4 Å². The maximum absolute atomic E-state index is 12.7. The van der Waals surface area contributed by atoms with Crippen LogP contribution in [-0.2, 0) is 6.42 Å². The van der Waals surface area contributed by atoms with Crippen LogP contribution in [0.4, 0.5) is 17.2 Å². The molecule has 8 nitrogen and oxygen atoms in total. The van der Waals surface area contributed by atoms with Gasteiger partial charge in [-0.3, -0.25) is 14.7 Å². The number of hydrogen-bond donors (Lipinski definition) is 5. The summed E-state index contributed by atoms with van der Waals surface area (Å²) in [7, 11) is 0. The van der Waals surface area contributed by atoms with Gasteiger partial charge in [0.2, 0.25) is 0 Å². The van der Waals surface area contributed by atoms with Crippen molar-refractivity contribution in [3.63, 3.8) is 0 Å². The van der Waals surface area contributed by atoms with Gasteiger partial charge >= 0.3 is 0 Å². The largest absolute Gasteiger partial charge is 0.360 e. The number of H-pyrrole nitrogens is 1. The van der Waals surface area contributed by atoms with Crippen LogP contribution >= 0.6 is 27.5 Å². The number of aromatic nitrogens is 2. The van der Waals surface area contributed by atoms with Crippen LogP contribution in [0.25, 0.3) is 0 Å². The Hall–Kier alpha value is -3.82. The third kappa shape index (κ3) is 5.07. The van der Waals surface area contributed by atoms with Crippen LogP contribution in [0.3, 0.4) is 0 Å². The van der Waals surface area contributed by atoms with Crippen molar-refractivity contribution in [2.45, 2.75) is 12.6 Å². The van der Waals surface area contributed by atoms with E-state index < -0.39 is 5.91 Å². The number of rotatable bonds is 7. The molecule has 2 amide bonds. The fraction of sp³-hybridized carbons (Fsp3) is 0.115. The van der Waals surface area contributed by atoms with Gasteiger partial charge in [-0.1, -0.05) is 60.1 Å². The molecule has 0 aliphatic carbocycles. The summed E-state index contributed by atoms with van der Waals surface area (Å²) in [6.45, 7) is 0.430. The Bertz CT molecular complexity index is 1430. The van der Waals surface area contributed by atoms with Crippen LogP contribution in [0.2, 0.25) is 5.02 Å². The molecule has 0 spiro atoms. The summed E-state index contributed by atoms with van der Waals surface area (Å²) < 4.78 is 0.361. The van der Waals surface area contributed by atoms with E-state index in [2.05, 4.69) is 65.6 Å². The van der Waals surface area contributed by atoms with Crippen molar-refractivity contribution in [3.05, 3.63) is 105 Å². The van der Waals surface area contributed by atoms with Gasteiger partial charge in [0.1, 0.15) is 11.9 Å². The number of halogens is 2. The number of nitrogens with zero attached hydrogens (tertiary/aromatic N) is 1. The Balaban J connectivity index is 1.16. The quantitative estimate of drug-likeness (QED) is 0.201. The lowest BCUT2D eigenvalue weighted by molar-refractivity contribution is 0.0947. The zero-order valence-electron chi connectivity index (χ0n) is 18.9. The standard InChI is InChI=1S/C26H22BrClN6O2/c27-21-22(33-34-24(21)32-25(35)17-8-4-5-9-18(17)28)26(36)29-13-12-15-10-11-19-20(14-15)31-23(30-19)16-6-2-1-3-7-16/h1-11,14,23,30-31H,12-13H2,(H,29,36)(H2,32,33,34,35). The highest BCUT2D eigenvalue weighted by molar-refractivity contribution is 9.10. The highest BCUT2D eigenvalue weighted by atomic mass is 79.9. The van der Waals surface area contributed by atoms with Gasteiger partial charge < -0.3 is 21.3 Å². The summed E-state index contributed by atoms with van der Waals surface area (Å²) in [4.78, 5) is 25.2. The van der Waals surface area contributed by atoms with Gasteiger partial charge in [0, 0.05) is 6.54 Å². The van der Waals surface area contributed by atoms with Crippen molar-refractivity contribution in [1.82, 2.24) is 15.5 Å². The number of amides is 2. The van der Waals surface area contributed by atoms with E-state index in [0.29, 0.717) is 28.0 Å². The maximum atomic E-state index is 12.7. The number of anilines is 3. The SMILES string of the molecule is O=C(Nc1n[nH]c(C(=O)NCCc2ccc3c(c2)NC(c2ccccc2)N3)c1Br)c1ccccc1Cl. The van der Waals surface area contributed by atoms with Gasteiger partial charge in [-0.2, -0.15) is 5.10 Å². The summed E-state index contributed by atoms with van der Waals surface area (Å²) >= 11 is 9.43. The molecular formula is C26H22BrClN6O2. The third-order valence-electron chi connectivity index (χ3n) is 5.80. The smallest absolute Gasteiger partial charge is 0.270 e. The van der Waals surface area contributed by atoms with E-state index >= 15 is 0 Å². The normalized spacial score (nSPS) is 13.9. The fourth-order valence-corrected chi connectivity index (χ4v) is 4.62. The minimum atomic E-state index is -0.422. The highest BCUT2D eigenvalue weighted by Crippen LogP contribution is 2.35. The molecule has 1 atom stereocenters. The number of fused-ring (bicyclic) bond motifs is 1. The van der Waals surface area contributed by atoms with Gasteiger partial charge in [-0.15, -0.1) is 0 Å². The summed E-state index contributed by atoms with van der Waals surface area (Å²) in [6, 6.07) is 23.1. The molecule has 5 rings (SSSR count). The number of aromatic amines is 1. The van der Waals surface area contributed by atoms with Crippen molar-refractivity contribution < 1.29 is 9.59 Å². The minimum absolute atomic E-state index is 0.0292. The number of benzene rings is 3. The second kappa shape index (κ2) is 10.4. The van der Waals surface area contributed by atoms with E-state index in [-0.39, 0.29) is 23.6 Å². The lowest BCUT2D eigenvalue weighted by Gasteiger charge is -2.12. The van der Waals surface area contributed by atoms with Crippen LogP contribution in [-0.4, -0.2) is 28.6 Å². The molecule has 5 N–H and O–H groups in total. The first-order valence-corrected chi connectivity index (χ1v) is 12.5. The van der Waals surface area contributed by atoms with E-state index in [1.54, 1.807) is 24.3 Å². The molecule has 10 heteroatoms. The number of carbonyl (C=O) groups is 2. The van der Waals surface area contributed by atoms with Gasteiger partial charge in [-0.25, -0.2) is 0 Å². The van der Waals surface area contributed by atoms with Crippen LogP contribution < -0.4 is 21.3 Å². The van der Waals surface area contributed by atoms with Gasteiger partial charge in [-0.05, 0) is 57.7 Å². The van der Waals surface area contributed by atoms with Crippen LogP contribution in [0, 0.1) is 0 Å². The molecule has 0 radical (unpaired) electrons. The highest BCUT2D eigenvalue weighted by Gasteiger charge is 2.22. The zero-order chi connectivity index (χ0) is 25.1.